The molecule has 2 aromatic rings. The molecule has 1 N–H and O–H groups in total. The van der Waals surface area contributed by atoms with Crippen LogP contribution in [0.3, 0.4) is 0 Å². The number of halogens is 2. The summed E-state index contributed by atoms with van der Waals surface area (Å²) >= 11 is 12.2. The Labute approximate surface area is 160 Å². The van der Waals surface area contributed by atoms with Gasteiger partial charge in [0.15, 0.2) is 0 Å². The molecule has 1 aliphatic heterocycles. The third-order valence-corrected chi connectivity index (χ3v) is 4.75. The molecule has 2 unspecified atom stereocenters. The van der Waals surface area contributed by atoms with E-state index in [9.17, 15) is 4.79 Å². The second-order valence-corrected chi connectivity index (χ2v) is 6.52. The summed E-state index contributed by atoms with van der Waals surface area (Å²) in [7, 11) is 0. The highest BCUT2D eigenvalue weighted by atomic mass is 35.5. The molecular weight excluding hydrogens is 379 g/mol. The molecule has 1 fully saturated rings. The highest BCUT2D eigenvalue weighted by Gasteiger charge is 2.27. The second-order valence-electron chi connectivity index (χ2n) is 5.70. The minimum atomic E-state index is -0.133. The van der Waals surface area contributed by atoms with Crippen molar-refractivity contribution in [3.63, 3.8) is 0 Å². The Morgan fingerprint density at radius 3 is 2.65 bits per heavy atom. The van der Waals surface area contributed by atoms with Crippen molar-refractivity contribution >= 4 is 29.4 Å². The molecule has 1 aromatic carbocycles. The van der Waals surface area contributed by atoms with Crippen LogP contribution in [0.4, 0.5) is 0 Å². The van der Waals surface area contributed by atoms with Gasteiger partial charge in [0.05, 0.1) is 22.8 Å². The molecule has 6 nitrogen and oxygen atoms in total. The van der Waals surface area contributed by atoms with Crippen LogP contribution in [-0.2, 0) is 20.9 Å². The predicted octanol–water partition coefficient (Wildman–Crippen LogP) is 2.55. The van der Waals surface area contributed by atoms with Gasteiger partial charge in [-0.2, -0.15) is 9.59 Å². The topological polar surface area (TPSA) is 77.4 Å². The van der Waals surface area contributed by atoms with Crippen LogP contribution >= 0.6 is 23.2 Å². The first-order valence-electron chi connectivity index (χ1n) is 7.99. The summed E-state index contributed by atoms with van der Waals surface area (Å²) in [6.07, 6.45) is 1.92. The summed E-state index contributed by atoms with van der Waals surface area (Å²) in [5.74, 6) is 0.120. The Bertz CT molecular complexity index is 819. The van der Waals surface area contributed by atoms with Gasteiger partial charge in [0.2, 0.25) is 0 Å². The molecule has 2 heterocycles. The van der Waals surface area contributed by atoms with Crippen LogP contribution in [0.5, 0.6) is 0 Å². The maximum atomic E-state index is 12.0. The van der Waals surface area contributed by atoms with Crippen LogP contribution in [0.1, 0.15) is 11.7 Å². The molecule has 1 aromatic heterocycles. The Hall–Kier alpha value is -1.95. The molecule has 3 rings (SSSR count). The van der Waals surface area contributed by atoms with Crippen molar-refractivity contribution in [2.45, 2.75) is 12.6 Å². The Kier molecular flexibility index (Phi) is 8.04. The Morgan fingerprint density at radius 1 is 1.19 bits per heavy atom. The molecule has 138 valence electrons. The summed E-state index contributed by atoms with van der Waals surface area (Å²) in [6, 6.07) is 10.7. The average Bonchev–Trinajstić information content (AvgIpc) is 2.86. The first kappa shape index (κ1) is 20.4. The Balaban J connectivity index is 0.000000758. The fourth-order valence-electron chi connectivity index (χ4n) is 2.87. The highest BCUT2D eigenvalue weighted by molar-refractivity contribution is 6.42. The van der Waals surface area contributed by atoms with Gasteiger partial charge in [-0.1, -0.05) is 35.3 Å². The minimum absolute atomic E-state index is 0.00960. The second kappa shape index (κ2) is 10.3. The number of benzene rings is 1. The van der Waals surface area contributed by atoms with Crippen LogP contribution < -0.4 is 10.9 Å². The number of carbonyl (C=O) groups excluding carboxylic acids is 2. The molecule has 0 radical (unpaired) electrons. The van der Waals surface area contributed by atoms with E-state index in [-0.39, 0.29) is 23.7 Å². The van der Waals surface area contributed by atoms with E-state index in [1.54, 1.807) is 29.0 Å². The lowest BCUT2D eigenvalue weighted by atomic mass is 9.95. The third kappa shape index (κ3) is 5.53. The minimum Gasteiger partial charge on any atom is -0.372 e. The van der Waals surface area contributed by atoms with Gasteiger partial charge in [0.1, 0.15) is 0 Å². The maximum Gasteiger partial charge on any atom is 0.373 e. The van der Waals surface area contributed by atoms with E-state index in [4.69, 9.17) is 37.5 Å². The van der Waals surface area contributed by atoms with Crippen LogP contribution in [-0.4, -0.2) is 30.4 Å². The standard InChI is InChI=1S/C17H18Cl2N2O2.CO2/c18-14-5-4-12(9-15(14)19)17-13(10-20-6-8-23-17)11-21-7-2-1-3-16(21)22;2-1-3/h1-5,7,9,13,17,20H,6,8,10-11H2;. The van der Waals surface area contributed by atoms with Gasteiger partial charge < -0.3 is 14.6 Å². The molecule has 0 amide bonds. The third-order valence-electron chi connectivity index (χ3n) is 4.01. The average molecular weight is 397 g/mol. The van der Waals surface area contributed by atoms with Crippen molar-refractivity contribution in [1.82, 2.24) is 9.88 Å². The fourth-order valence-corrected chi connectivity index (χ4v) is 3.18. The molecule has 8 heteroatoms. The molecule has 1 aliphatic rings. The normalized spacial score (nSPS) is 19.6. The first-order valence-corrected chi connectivity index (χ1v) is 8.74. The number of hydrogen-bond acceptors (Lipinski definition) is 5. The quantitative estimate of drug-likeness (QED) is 0.862. The van der Waals surface area contributed by atoms with Crippen molar-refractivity contribution in [3.05, 3.63) is 68.6 Å². The molecular formula is C18H18Cl2N2O4. The maximum absolute atomic E-state index is 12.0. The SMILES string of the molecule is O=C=O.O=c1ccccn1CC1CNCCOC1c1ccc(Cl)c(Cl)c1. The van der Waals surface area contributed by atoms with Crippen molar-refractivity contribution in [2.24, 2.45) is 5.92 Å². The predicted molar refractivity (Wildman–Crippen MR) is 97.2 cm³/mol. The molecule has 0 bridgehead atoms. The van der Waals surface area contributed by atoms with Gasteiger partial charge >= 0.3 is 6.15 Å². The van der Waals surface area contributed by atoms with Crippen molar-refractivity contribution in [1.29, 1.82) is 0 Å². The lowest BCUT2D eigenvalue weighted by Gasteiger charge is -2.26. The fraction of sp³-hybridized carbons (Fsp3) is 0.333. The van der Waals surface area contributed by atoms with Crippen LogP contribution in [0, 0.1) is 5.92 Å². The van der Waals surface area contributed by atoms with Gasteiger partial charge in [-0.15, -0.1) is 0 Å². The number of nitrogens with one attached hydrogen (secondary N) is 1. The lowest BCUT2D eigenvalue weighted by Crippen LogP contribution is -2.31. The van der Waals surface area contributed by atoms with E-state index in [2.05, 4.69) is 5.32 Å². The lowest BCUT2D eigenvalue weighted by molar-refractivity contribution is -0.191. The highest BCUT2D eigenvalue weighted by Crippen LogP contribution is 2.32. The molecule has 2 atom stereocenters. The summed E-state index contributed by atoms with van der Waals surface area (Å²) in [5.41, 5.74) is 0.974. The zero-order valence-electron chi connectivity index (χ0n) is 13.9. The van der Waals surface area contributed by atoms with Crippen molar-refractivity contribution < 1.29 is 14.3 Å². The van der Waals surface area contributed by atoms with E-state index >= 15 is 0 Å². The number of rotatable bonds is 3. The molecule has 0 spiro atoms. The number of pyridine rings is 1. The van der Waals surface area contributed by atoms with Crippen LogP contribution in [0.2, 0.25) is 10.0 Å². The molecule has 1 saturated heterocycles. The van der Waals surface area contributed by atoms with Gasteiger partial charge in [-0.05, 0) is 23.8 Å². The van der Waals surface area contributed by atoms with Gasteiger partial charge in [-0.3, -0.25) is 4.79 Å². The summed E-state index contributed by atoms with van der Waals surface area (Å²) in [6.45, 7) is 2.76. The summed E-state index contributed by atoms with van der Waals surface area (Å²) in [5, 5.41) is 4.40. The van der Waals surface area contributed by atoms with E-state index in [1.165, 1.54) is 0 Å². The van der Waals surface area contributed by atoms with E-state index in [1.807, 2.05) is 18.2 Å². The van der Waals surface area contributed by atoms with Crippen molar-refractivity contribution in [2.75, 3.05) is 19.7 Å². The summed E-state index contributed by atoms with van der Waals surface area (Å²) in [4.78, 5) is 28.2. The largest absolute Gasteiger partial charge is 0.373 e. The zero-order valence-corrected chi connectivity index (χ0v) is 15.4. The van der Waals surface area contributed by atoms with Crippen LogP contribution in [0.25, 0.3) is 0 Å². The summed E-state index contributed by atoms with van der Waals surface area (Å²) < 4.78 is 7.74. The monoisotopic (exact) mass is 396 g/mol. The molecule has 0 aliphatic carbocycles. The van der Waals surface area contributed by atoms with Crippen LogP contribution in [0.15, 0.2) is 47.4 Å². The Morgan fingerprint density at radius 2 is 1.96 bits per heavy atom. The molecule has 0 saturated carbocycles. The number of ether oxygens (including phenoxy) is 1. The van der Waals surface area contributed by atoms with E-state index in [0.29, 0.717) is 23.2 Å². The van der Waals surface area contributed by atoms with Crippen molar-refractivity contribution in [3.8, 4) is 0 Å². The smallest absolute Gasteiger partial charge is 0.372 e. The van der Waals surface area contributed by atoms with E-state index < -0.39 is 0 Å². The van der Waals surface area contributed by atoms with E-state index in [0.717, 1.165) is 18.7 Å². The first-order chi connectivity index (χ1) is 12.6. The number of aromatic nitrogens is 1. The zero-order chi connectivity index (χ0) is 18.9. The van der Waals surface area contributed by atoms with Gasteiger partial charge in [0.25, 0.3) is 5.56 Å². The van der Waals surface area contributed by atoms with Gasteiger partial charge in [0, 0.05) is 37.8 Å². The van der Waals surface area contributed by atoms with Gasteiger partial charge in [-0.25, -0.2) is 0 Å². The number of hydrogen-bond donors (Lipinski definition) is 1. The number of nitrogens with zero attached hydrogens (tertiary/aromatic N) is 1. The molecule has 26 heavy (non-hydrogen) atoms.